The van der Waals surface area contributed by atoms with Crippen LogP contribution in [0.25, 0.3) is 11.4 Å². The number of anilines is 1. The zero-order valence-corrected chi connectivity index (χ0v) is 19.4. The van der Waals surface area contributed by atoms with Crippen molar-refractivity contribution in [1.82, 2.24) is 14.9 Å². The summed E-state index contributed by atoms with van der Waals surface area (Å²) in [6.45, 7) is 16.1. The van der Waals surface area contributed by atoms with Crippen molar-refractivity contribution in [3.63, 3.8) is 0 Å². The van der Waals surface area contributed by atoms with E-state index in [4.69, 9.17) is 4.98 Å². The summed E-state index contributed by atoms with van der Waals surface area (Å²) in [5.41, 5.74) is 3.49. The van der Waals surface area contributed by atoms with E-state index in [1.54, 1.807) is 0 Å². The molecule has 0 bridgehead atoms. The summed E-state index contributed by atoms with van der Waals surface area (Å²) < 4.78 is 0. The van der Waals surface area contributed by atoms with Gasteiger partial charge >= 0.3 is 0 Å². The van der Waals surface area contributed by atoms with Crippen LogP contribution in [0, 0.1) is 25.2 Å². The van der Waals surface area contributed by atoms with Crippen molar-refractivity contribution in [2.75, 3.05) is 31.1 Å². The Hall–Kier alpha value is -2.43. The number of benzene rings is 1. The summed E-state index contributed by atoms with van der Waals surface area (Å²) in [4.78, 5) is 26.5. The van der Waals surface area contributed by atoms with E-state index < -0.39 is 0 Å². The molecule has 0 radical (unpaired) electrons. The molecule has 0 aliphatic carbocycles. The van der Waals surface area contributed by atoms with E-state index in [1.165, 1.54) is 5.56 Å². The molecule has 1 aliphatic heterocycles. The Bertz CT molecular complexity index is 862. The van der Waals surface area contributed by atoms with Gasteiger partial charge in [-0.2, -0.15) is 0 Å². The number of aromatic nitrogens is 2. The van der Waals surface area contributed by atoms with Crippen LogP contribution in [0.15, 0.2) is 30.3 Å². The highest BCUT2D eigenvalue weighted by molar-refractivity contribution is 5.76. The van der Waals surface area contributed by atoms with E-state index in [0.717, 1.165) is 55.5 Å². The molecule has 2 aromatic rings. The van der Waals surface area contributed by atoms with E-state index in [9.17, 15) is 4.79 Å². The summed E-state index contributed by atoms with van der Waals surface area (Å²) in [6, 6.07) is 10.4. The van der Waals surface area contributed by atoms with E-state index in [0.29, 0.717) is 12.3 Å². The third-order valence-corrected chi connectivity index (χ3v) is 5.59. The predicted molar refractivity (Wildman–Crippen MR) is 124 cm³/mol. The third-order valence-electron chi connectivity index (χ3n) is 5.59. The fourth-order valence-electron chi connectivity index (χ4n) is 4.28. The summed E-state index contributed by atoms with van der Waals surface area (Å²) in [7, 11) is 0. The first-order valence-corrected chi connectivity index (χ1v) is 11.1. The number of aryl methyl sites for hydroxylation is 2. The monoisotopic (exact) mass is 408 g/mol. The minimum absolute atomic E-state index is 0.262. The SMILES string of the molecule is Cc1ccc(-c2nc(C)cc(N3CCN(C(=O)C[C@@H](C)CC(C)(C)C)CC3)n2)cc1. The van der Waals surface area contributed by atoms with Crippen LogP contribution in [-0.4, -0.2) is 47.0 Å². The molecule has 0 unspecified atom stereocenters. The highest BCUT2D eigenvalue weighted by Crippen LogP contribution is 2.27. The molecule has 0 spiro atoms. The van der Waals surface area contributed by atoms with E-state index in [-0.39, 0.29) is 11.3 Å². The molecular weight excluding hydrogens is 372 g/mol. The van der Waals surface area contributed by atoms with Gasteiger partial charge in [-0.05, 0) is 31.6 Å². The molecule has 162 valence electrons. The van der Waals surface area contributed by atoms with Crippen LogP contribution in [0.3, 0.4) is 0 Å². The normalized spacial score (nSPS) is 15.9. The molecule has 3 rings (SSSR count). The van der Waals surface area contributed by atoms with Gasteiger partial charge in [-0.15, -0.1) is 0 Å². The average molecular weight is 409 g/mol. The van der Waals surface area contributed by atoms with Gasteiger partial charge in [0, 0.05) is 49.9 Å². The second kappa shape index (κ2) is 9.15. The van der Waals surface area contributed by atoms with Crippen molar-refractivity contribution in [2.24, 2.45) is 11.3 Å². The lowest BCUT2D eigenvalue weighted by molar-refractivity contribution is -0.132. The van der Waals surface area contributed by atoms with Gasteiger partial charge in [-0.1, -0.05) is 57.5 Å². The Kier molecular flexibility index (Phi) is 6.79. The van der Waals surface area contributed by atoms with E-state index in [1.807, 2.05) is 17.9 Å². The van der Waals surface area contributed by atoms with Crippen molar-refractivity contribution in [2.45, 2.75) is 54.4 Å². The van der Waals surface area contributed by atoms with Gasteiger partial charge < -0.3 is 9.80 Å². The summed E-state index contributed by atoms with van der Waals surface area (Å²) in [6.07, 6.45) is 1.71. The molecule has 1 aliphatic rings. The predicted octanol–water partition coefficient (Wildman–Crippen LogP) is 4.87. The summed E-state index contributed by atoms with van der Waals surface area (Å²) in [5.74, 6) is 2.41. The standard InChI is InChI=1S/C25H36N4O/c1-18-7-9-21(10-8-18)24-26-20(3)16-22(27-24)28-11-13-29(14-12-28)23(30)15-19(2)17-25(4,5)6/h7-10,16,19H,11-15,17H2,1-6H3/t19-/m1/s1. The molecule has 5 nitrogen and oxygen atoms in total. The van der Waals surface area contributed by atoms with Gasteiger partial charge in [0.15, 0.2) is 5.82 Å². The first kappa shape index (κ1) is 22.3. The lowest BCUT2D eigenvalue weighted by Gasteiger charge is -2.36. The van der Waals surface area contributed by atoms with Crippen LogP contribution in [0.1, 0.15) is 51.8 Å². The average Bonchev–Trinajstić information content (AvgIpc) is 2.66. The molecule has 1 amide bonds. The fourth-order valence-corrected chi connectivity index (χ4v) is 4.28. The Morgan fingerprint density at radius 2 is 1.67 bits per heavy atom. The number of hydrogen-bond acceptors (Lipinski definition) is 4. The van der Waals surface area contributed by atoms with Crippen LogP contribution in [0.5, 0.6) is 0 Å². The van der Waals surface area contributed by atoms with E-state index in [2.05, 4.69) is 68.8 Å². The maximum Gasteiger partial charge on any atom is 0.222 e. The molecule has 5 heteroatoms. The summed E-state index contributed by atoms with van der Waals surface area (Å²) in [5, 5.41) is 0. The van der Waals surface area contributed by atoms with Crippen molar-refractivity contribution < 1.29 is 4.79 Å². The minimum Gasteiger partial charge on any atom is -0.353 e. The molecule has 1 aromatic heterocycles. The lowest BCUT2D eigenvalue weighted by Crippen LogP contribution is -2.49. The first-order valence-electron chi connectivity index (χ1n) is 11.1. The number of piperazine rings is 1. The summed E-state index contributed by atoms with van der Waals surface area (Å²) >= 11 is 0. The fraction of sp³-hybridized carbons (Fsp3) is 0.560. The quantitative estimate of drug-likeness (QED) is 0.708. The highest BCUT2D eigenvalue weighted by Gasteiger charge is 2.25. The Morgan fingerprint density at radius 3 is 2.27 bits per heavy atom. The molecule has 1 atom stereocenters. The molecule has 1 aromatic carbocycles. The van der Waals surface area contributed by atoms with Gasteiger partial charge in [0.05, 0.1) is 0 Å². The Morgan fingerprint density at radius 1 is 1.03 bits per heavy atom. The smallest absolute Gasteiger partial charge is 0.222 e. The molecular formula is C25H36N4O. The molecule has 30 heavy (non-hydrogen) atoms. The highest BCUT2D eigenvalue weighted by atomic mass is 16.2. The largest absolute Gasteiger partial charge is 0.353 e. The second-order valence-corrected chi connectivity index (χ2v) is 10.00. The first-order chi connectivity index (χ1) is 14.1. The van der Waals surface area contributed by atoms with Crippen LogP contribution < -0.4 is 4.90 Å². The van der Waals surface area contributed by atoms with Crippen molar-refractivity contribution >= 4 is 11.7 Å². The maximum absolute atomic E-state index is 12.7. The van der Waals surface area contributed by atoms with Crippen molar-refractivity contribution in [3.05, 3.63) is 41.6 Å². The third kappa shape index (κ3) is 6.04. The van der Waals surface area contributed by atoms with Crippen LogP contribution in [0.4, 0.5) is 5.82 Å². The number of carbonyl (C=O) groups is 1. The molecule has 2 heterocycles. The van der Waals surface area contributed by atoms with Crippen LogP contribution in [-0.2, 0) is 4.79 Å². The van der Waals surface area contributed by atoms with Gasteiger partial charge in [0.2, 0.25) is 5.91 Å². The molecule has 0 saturated carbocycles. The number of nitrogens with zero attached hydrogens (tertiary/aromatic N) is 4. The Labute approximate surface area is 181 Å². The maximum atomic E-state index is 12.7. The number of rotatable bonds is 5. The molecule has 1 fully saturated rings. The number of amides is 1. The number of carbonyl (C=O) groups excluding carboxylic acids is 1. The van der Waals surface area contributed by atoms with Gasteiger partial charge in [0.25, 0.3) is 0 Å². The minimum atomic E-state index is 0.262. The molecule has 1 saturated heterocycles. The Balaban J connectivity index is 1.62. The number of hydrogen-bond donors (Lipinski definition) is 0. The van der Waals surface area contributed by atoms with Crippen molar-refractivity contribution in [1.29, 1.82) is 0 Å². The van der Waals surface area contributed by atoms with Crippen molar-refractivity contribution in [3.8, 4) is 11.4 Å². The second-order valence-electron chi connectivity index (χ2n) is 10.00. The van der Waals surface area contributed by atoms with Gasteiger partial charge in [-0.25, -0.2) is 9.97 Å². The van der Waals surface area contributed by atoms with Crippen LogP contribution in [0.2, 0.25) is 0 Å². The zero-order valence-electron chi connectivity index (χ0n) is 19.4. The van der Waals surface area contributed by atoms with Gasteiger partial charge in [0.1, 0.15) is 5.82 Å². The van der Waals surface area contributed by atoms with Crippen LogP contribution >= 0.6 is 0 Å². The topological polar surface area (TPSA) is 49.3 Å². The molecule has 0 N–H and O–H groups in total. The lowest BCUT2D eigenvalue weighted by atomic mass is 9.84. The van der Waals surface area contributed by atoms with E-state index >= 15 is 0 Å². The van der Waals surface area contributed by atoms with Gasteiger partial charge in [-0.3, -0.25) is 4.79 Å². The zero-order chi connectivity index (χ0) is 21.9.